The number of carbonyl (C=O) groups excluding carboxylic acids is 1. The molecule has 11 heavy (non-hydrogen) atoms. The van der Waals surface area contributed by atoms with Crippen molar-refractivity contribution >= 4 is 12.4 Å². The number of carboxylic acid groups (broad SMARTS) is 1. The molecule has 1 amide bonds. The molecule has 0 aromatic heterocycles. The van der Waals surface area contributed by atoms with Crippen LogP contribution in [0.1, 0.15) is 19.8 Å². The van der Waals surface area contributed by atoms with Crippen LogP contribution in [0.25, 0.3) is 0 Å². The Balaban J connectivity index is 2.70. The summed E-state index contributed by atoms with van der Waals surface area (Å²) in [7, 11) is 0. The third-order valence-corrected chi connectivity index (χ3v) is 2.09. The second kappa shape index (κ2) is 2.90. The van der Waals surface area contributed by atoms with Gasteiger partial charge in [-0.15, -0.1) is 0 Å². The second-order valence-corrected chi connectivity index (χ2v) is 2.82. The van der Waals surface area contributed by atoms with Crippen molar-refractivity contribution in [3.05, 3.63) is 0 Å². The zero-order valence-corrected chi connectivity index (χ0v) is 6.36. The second-order valence-electron chi connectivity index (χ2n) is 2.82. The van der Waals surface area contributed by atoms with Gasteiger partial charge in [0.2, 0.25) is 0 Å². The van der Waals surface area contributed by atoms with Crippen molar-refractivity contribution in [1.29, 1.82) is 0 Å². The van der Waals surface area contributed by atoms with Crippen LogP contribution >= 0.6 is 0 Å². The third kappa shape index (κ3) is 1.34. The predicted molar refractivity (Wildman–Crippen MR) is 38.4 cm³/mol. The molecule has 0 bridgehead atoms. The van der Waals surface area contributed by atoms with E-state index in [-0.39, 0.29) is 6.04 Å². The molecule has 0 radical (unpaired) electrons. The first-order chi connectivity index (χ1) is 5.16. The average molecular weight is 157 g/mol. The lowest BCUT2D eigenvalue weighted by atomic mass is 10.2. The lowest BCUT2D eigenvalue weighted by Gasteiger charge is -2.20. The standard InChI is InChI=1S/C7H11NO3/c1-5-2-3-6(4-9)8(5)7(10)11/h4-6H,2-3H2,1H3,(H,10,11)/t5-,6+/m0/s1. The molecule has 1 saturated heterocycles. The smallest absolute Gasteiger partial charge is 0.408 e. The van der Waals surface area contributed by atoms with Crippen LogP contribution in [0.4, 0.5) is 4.79 Å². The van der Waals surface area contributed by atoms with Crippen LogP contribution in [-0.2, 0) is 4.79 Å². The average Bonchev–Trinajstić information content (AvgIpc) is 2.30. The van der Waals surface area contributed by atoms with Crippen molar-refractivity contribution in [2.45, 2.75) is 31.8 Å². The highest BCUT2D eigenvalue weighted by Crippen LogP contribution is 2.21. The van der Waals surface area contributed by atoms with E-state index in [0.717, 1.165) is 6.42 Å². The molecule has 0 saturated carbocycles. The topological polar surface area (TPSA) is 57.6 Å². The molecule has 0 aromatic carbocycles. The van der Waals surface area contributed by atoms with Gasteiger partial charge < -0.3 is 9.90 Å². The van der Waals surface area contributed by atoms with E-state index in [2.05, 4.69) is 0 Å². The molecule has 0 unspecified atom stereocenters. The van der Waals surface area contributed by atoms with Gasteiger partial charge >= 0.3 is 6.09 Å². The molecule has 1 aliphatic rings. The van der Waals surface area contributed by atoms with E-state index < -0.39 is 12.1 Å². The Morgan fingerprint density at radius 1 is 1.64 bits per heavy atom. The van der Waals surface area contributed by atoms with Crippen molar-refractivity contribution in [2.24, 2.45) is 0 Å². The van der Waals surface area contributed by atoms with Gasteiger partial charge in [-0.1, -0.05) is 0 Å². The van der Waals surface area contributed by atoms with Crippen molar-refractivity contribution in [1.82, 2.24) is 4.90 Å². The first-order valence-electron chi connectivity index (χ1n) is 3.63. The van der Waals surface area contributed by atoms with E-state index in [1.807, 2.05) is 6.92 Å². The minimum atomic E-state index is -0.993. The molecular weight excluding hydrogens is 146 g/mol. The summed E-state index contributed by atoms with van der Waals surface area (Å²) >= 11 is 0. The molecule has 4 heteroatoms. The fraction of sp³-hybridized carbons (Fsp3) is 0.714. The molecular formula is C7H11NO3. The highest BCUT2D eigenvalue weighted by molar-refractivity contribution is 5.72. The maximum atomic E-state index is 10.5. The highest BCUT2D eigenvalue weighted by Gasteiger charge is 2.33. The number of carbonyl (C=O) groups is 2. The van der Waals surface area contributed by atoms with E-state index >= 15 is 0 Å². The van der Waals surface area contributed by atoms with E-state index in [1.165, 1.54) is 4.90 Å². The summed E-state index contributed by atoms with van der Waals surface area (Å²) in [6, 6.07) is -0.426. The van der Waals surface area contributed by atoms with Gasteiger partial charge in [-0.25, -0.2) is 4.79 Å². The van der Waals surface area contributed by atoms with E-state index in [1.54, 1.807) is 0 Å². The Morgan fingerprint density at radius 2 is 2.27 bits per heavy atom. The van der Waals surface area contributed by atoms with Gasteiger partial charge in [0, 0.05) is 6.04 Å². The van der Waals surface area contributed by atoms with Crippen LogP contribution in [0.5, 0.6) is 0 Å². The molecule has 1 N–H and O–H groups in total. The van der Waals surface area contributed by atoms with Crippen LogP contribution in [0.2, 0.25) is 0 Å². The van der Waals surface area contributed by atoms with Gasteiger partial charge in [-0.05, 0) is 19.8 Å². The fourth-order valence-electron chi connectivity index (χ4n) is 1.48. The lowest BCUT2D eigenvalue weighted by Crippen LogP contribution is -2.39. The molecule has 1 fully saturated rings. The minimum Gasteiger partial charge on any atom is -0.465 e. The van der Waals surface area contributed by atoms with Crippen molar-refractivity contribution < 1.29 is 14.7 Å². The maximum Gasteiger partial charge on any atom is 0.408 e. The zero-order chi connectivity index (χ0) is 8.43. The van der Waals surface area contributed by atoms with Crippen LogP contribution in [-0.4, -0.2) is 34.5 Å². The predicted octanol–water partition coefficient (Wildman–Crippen LogP) is 0.716. The Hall–Kier alpha value is -1.06. The van der Waals surface area contributed by atoms with Gasteiger partial charge in [0.05, 0.1) is 6.04 Å². The van der Waals surface area contributed by atoms with Gasteiger partial charge in [0.25, 0.3) is 0 Å². The molecule has 0 aromatic rings. The molecule has 1 aliphatic heterocycles. The van der Waals surface area contributed by atoms with Gasteiger partial charge in [-0.2, -0.15) is 0 Å². The Bertz CT molecular complexity index is 181. The summed E-state index contributed by atoms with van der Waals surface area (Å²) in [5, 5.41) is 8.65. The number of rotatable bonds is 1. The van der Waals surface area contributed by atoms with Gasteiger partial charge in [0.15, 0.2) is 0 Å². The number of amides is 1. The molecule has 1 heterocycles. The van der Waals surface area contributed by atoms with Crippen molar-refractivity contribution in [3.63, 3.8) is 0 Å². The first kappa shape index (κ1) is 8.04. The van der Waals surface area contributed by atoms with E-state index in [9.17, 15) is 9.59 Å². The Kier molecular flexibility index (Phi) is 2.12. The largest absolute Gasteiger partial charge is 0.465 e. The molecule has 2 atom stereocenters. The maximum absolute atomic E-state index is 10.5. The summed E-state index contributed by atoms with van der Waals surface area (Å²) < 4.78 is 0. The summed E-state index contributed by atoms with van der Waals surface area (Å²) in [6.45, 7) is 1.82. The SMILES string of the molecule is C[C@H]1CC[C@H](C=O)N1C(=O)O. The van der Waals surface area contributed by atoms with Gasteiger partial charge in [0.1, 0.15) is 6.29 Å². The van der Waals surface area contributed by atoms with E-state index in [0.29, 0.717) is 12.7 Å². The van der Waals surface area contributed by atoms with Crippen LogP contribution < -0.4 is 0 Å². The quantitative estimate of drug-likeness (QED) is 0.570. The first-order valence-corrected chi connectivity index (χ1v) is 3.63. The number of aldehydes is 1. The van der Waals surface area contributed by atoms with Crippen LogP contribution in [0, 0.1) is 0 Å². The molecule has 62 valence electrons. The number of hydrogen-bond acceptors (Lipinski definition) is 2. The van der Waals surface area contributed by atoms with Crippen LogP contribution in [0.15, 0.2) is 0 Å². The molecule has 0 aliphatic carbocycles. The minimum absolute atomic E-state index is 0.0114. The Morgan fingerprint density at radius 3 is 2.64 bits per heavy atom. The molecule has 0 spiro atoms. The highest BCUT2D eigenvalue weighted by atomic mass is 16.4. The van der Waals surface area contributed by atoms with Crippen molar-refractivity contribution in [2.75, 3.05) is 0 Å². The molecule has 1 rings (SSSR count). The fourth-order valence-corrected chi connectivity index (χ4v) is 1.48. The number of likely N-dealkylation sites (tertiary alicyclic amines) is 1. The monoisotopic (exact) mass is 157 g/mol. The summed E-state index contributed by atoms with van der Waals surface area (Å²) in [5.41, 5.74) is 0. The van der Waals surface area contributed by atoms with Gasteiger partial charge in [-0.3, -0.25) is 4.90 Å². The van der Waals surface area contributed by atoms with E-state index in [4.69, 9.17) is 5.11 Å². The normalized spacial score (nSPS) is 30.5. The Labute approximate surface area is 64.8 Å². The summed E-state index contributed by atoms with van der Waals surface area (Å²) in [6.07, 6.45) is 1.16. The third-order valence-electron chi connectivity index (χ3n) is 2.09. The zero-order valence-electron chi connectivity index (χ0n) is 6.36. The number of nitrogens with zero attached hydrogens (tertiary/aromatic N) is 1. The summed E-state index contributed by atoms with van der Waals surface area (Å²) in [5.74, 6) is 0. The lowest BCUT2D eigenvalue weighted by molar-refractivity contribution is -0.111. The molecule has 4 nitrogen and oxygen atoms in total. The van der Waals surface area contributed by atoms with Crippen LogP contribution in [0.3, 0.4) is 0 Å². The number of hydrogen-bond donors (Lipinski definition) is 1. The van der Waals surface area contributed by atoms with Crippen molar-refractivity contribution in [3.8, 4) is 0 Å². The summed E-state index contributed by atoms with van der Waals surface area (Å²) in [4.78, 5) is 22.1.